The number of carbonyl (C=O) groups excluding carboxylic acids is 1. The van der Waals surface area contributed by atoms with E-state index in [1.807, 2.05) is 43.3 Å². The molecule has 0 fully saturated rings. The van der Waals surface area contributed by atoms with Crippen LogP contribution in [0.2, 0.25) is 5.02 Å². The Labute approximate surface area is 166 Å². The van der Waals surface area contributed by atoms with Gasteiger partial charge in [-0.3, -0.25) is 4.79 Å². The summed E-state index contributed by atoms with van der Waals surface area (Å²) in [6.45, 7) is 1.88. The molecule has 28 heavy (non-hydrogen) atoms. The third kappa shape index (κ3) is 4.00. The van der Waals surface area contributed by atoms with E-state index in [9.17, 15) is 4.79 Å². The van der Waals surface area contributed by atoms with E-state index in [1.54, 1.807) is 30.3 Å². The third-order valence-corrected chi connectivity index (χ3v) is 4.47. The number of anilines is 1. The van der Waals surface area contributed by atoms with E-state index >= 15 is 0 Å². The van der Waals surface area contributed by atoms with Gasteiger partial charge in [0.15, 0.2) is 12.2 Å². The highest BCUT2D eigenvalue weighted by atomic mass is 35.5. The van der Waals surface area contributed by atoms with E-state index in [-0.39, 0.29) is 12.5 Å². The maximum atomic E-state index is 12.2. The highest BCUT2D eigenvalue weighted by Crippen LogP contribution is 2.30. The van der Waals surface area contributed by atoms with Crippen LogP contribution in [0.3, 0.4) is 0 Å². The minimum Gasteiger partial charge on any atom is -0.484 e. The topological polar surface area (TPSA) is 64.4 Å². The molecule has 0 bridgehead atoms. The smallest absolute Gasteiger partial charge is 0.262 e. The fourth-order valence-corrected chi connectivity index (χ4v) is 2.93. The lowest BCUT2D eigenvalue weighted by Crippen LogP contribution is -2.20. The lowest BCUT2D eigenvalue weighted by atomic mass is 10.2. The summed E-state index contributed by atoms with van der Waals surface area (Å²) in [6, 6.07) is 20.2. The molecule has 1 amide bonds. The third-order valence-electron chi connectivity index (χ3n) is 4.14. The van der Waals surface area contributed by atoms with Gasteiger partial charge in [-0.25, -0.2) is 4.98 Å². The van der Waals surface area contributed by atoms with Crippen molar-refractivity contribution in [3.05, 3.63) is 77.3 Å². The highest BCUT2D eigenvalue weighted by Gasteiger charge is 2.13. The summed E-state index contributed by atoms with van der Waals surface area (Å²) in [5.41, 5.74) is 3.78. The van der Waals surface area contributed by atoms with Crippen molar-refractivity contribution in [3.8, 4) is 17.2 Å². The Morgan fingerprint density at radius 3 is 2.75 bits per heavy atom. The first-order chi connectivity index (χ1) is 13.6. The van der Waals surface area contributed by atoms with Gasteiger partial charge in [0.2, 0.25) is 5.89 Å². The summed E-state index contributed by atoms with van der Waals surface area (Å²) < 4.78 is 11.3. The number of benzene rings is 3. The van der Waals surface area contributed by atoms with Gasteiger partial charge in [0, 0.05) is 5.56 Å². The molecule has 140 valence electrons. The monoisotopic (exact) mass is 392 g/mol. The standard InChI is InChI=1S/C22H17ClN2O3/c1-14-7-10-18-20(11-14)28-22(25-18)15-8-9-17(23)19(12-15)24-21(26)13-27-16-5-3-2-4-6-16/h2-12H,13H2,1H3,(H,24,26). The number of para-hydroxylation sites is 1. The summed E-state index contributed by atoms with van der Waals surface area (Å²) >= 11 is 6.24. The maximum Gasteiger partial charge on any atom is 0.262 e. The zero-order valence-electron chi connectivity index (χ0n) is 15.1. The molecule has 4 rings (SSSR count). The Morgan fingerprint density at radius 1 is 1.11 bits per heavy atom. The first-order valence-electron chi connectivity index (χ1n) is 8.73. The lowest BCUT2D eigenvalue weighted by Gasteiger charge is -2.09. The Balaban J connectivity index is 1.52. The number of hydrogen-bond donors (Lipinski definition) is 1. The van der Waals surface area contributed by atoms with Crippen LogP contribution < -0.4 is 10.1 Å². The average molecular weight is 393 g/mol. The predicted octanol–water partition coefficient (Wildman–Crippen LogP) is 5.47. The van der Waals surface area contributed by atoms with Crippen molar-refractivity contribution in [1.29, 1.82) is 0 Å². The zero-order chi connectivity index (χ0) is 19.5. The molecule has 1 heterocycles. The fraction of sp³-hybridized carbons (Fsp3) is 0.0909. The molecule has 5 nitrogen and oxygen atoms in total. The average Bonchev–Trinajstić information content (AvgIpc) is 3.12. The van der Waals surface area contributed by atoms with Gasteiger partial charge in [0.05, 0.1) is 10.7 Å². The van der Waals surface area contributed by atoms with E-state index in [4.69, 9.17) is 20.8 Å². The van der Waals surface area contributed by atoms with Gasteiger partial charge in [-0.1, -0.05) is 35.9 Å². The SMILES string of the molecule is Cc1ccc2nc(-c3ccc(Cl)c(NC(=O)COc4ccccc4)c3)oc2c1. The van der Waals surface area contributed by atoms with E-state index in [0.717, 1.165) is 16.6 Å². The summed E-state index contributed by atoms with van der Waals surface area (Å²) in [7, 11) is 0. The number of halogens is 1. The van der Waals surface area contributed by atoms with Gasteiger partial charge in [0.1, 0.15) is 11.3 Å². The number of ether oxygens (including phenoxy) is 1. The first-order valence-corrected chi connectivity index (χ1v) is 9.11. The lowest BCUT2D eigenvalue weighted by molar-refractivity contribution is -0.118. The normalized spacial score (nSPS) is 10.8. The summed E-state index contributed by atoms with van der Waals surface area (Å²) in [5.74, 6) is 0.781. The van der Waals surface area contributed by atoms with Crippen molar-refractivity contribution in [2.75, 3.05) is 11.9 Å². The Morgan fingerprint density at radius 2 is 1.93 bits per heavy atom. The van der Waals surface area contributed by atoms with Crippen LogP contribution in [0.4, 0.5) is 5.69 Å². The first kappa shape index (κ1) is 18.1. The fourth-order valence-electron chi connectivity index (χ4n) is 2.76. The molecule has 0 saturated carbocycles. The molecule has 0 spiro atoms. The van der Waals surface area contributed by atoms with Crippen molar-refractivity contribution in [3.63, 3.8) is 0 Å². The minimum absolute atomic E-state index is 0.118. The Hall–Kier alpha value is -3.31. The quantitative estimate of drug-likeness (QED) is 0.488. The zero-order valence-corrected chi connectivity index (χ0v) is 15.9. The van der Waals surface area contributed by atoms with E-state index in [0.29, 0.717) is 27.9 Å². The maximum absolute atomic E-state index is 12.2. The molecule has 0 unspecified atom stereocenters. The van der Waals surface area contributed by atoms with Crippen LogP contribution in [0, 0.1) is 6.92 Å². The second kappa shape index (κ2) is 7.74. The molecule has 0 aliphatic carbocycles. The number of oxazole rings is 1. The molecule has 4 aromatic rings. The Kier molecular flexibility index (Phi) is 5.00. The van der Waals surface area contributed by atoms with Crippen molar-refractivity contribution in [2.24, 2.45) is 0 Å². The molecule has 0 radical (unpaired) electrons. The number of hydrogen-bond acceptors (Lipinski definition) is 4. The van der Waals surface area contributed by atoms with Crippen LogP contribution >= 0.6 is 11.6 Å². The van der Waals surface area contributed by atoms with Crippen LogP contribution in [-0.2, 0) is 4.79 Å². The van der Waals surface area contributed by atoms with Crippen molar-refractivity contribution >= 4 is 34.3 Å². The molecule has 0 aliphatic heterocycles. The second-order valence-corrected chi connectivity index (χ2v) is 6.74. The van der Waals surface area contributed by atoms with Crippen LogP contribution in [0.5, 0.6) is 5.75 Å². The molecule has 0 aliphatic rings. The van der Waals surface area contributed by atoms with Crippen LogP contribution in [0.25, 0.3) is 22.6 Å². The molecular weight excluding hydrogens is 376 g/mol. The molecule has 0 atom stereocenters. The molecule has 0 saturated heterocycles. The summed E-state index contributed by atoms with van der Waals surface area (Å²) in [6.07, 6.45) is 0. The summed E-state index contributed by atoms with van der Waals surface area (Å²) in [5, 5.41) is 3.19. The molecular formula is C22H17ClN2O3. The number of fused-ring (bicyclic) bond motifs is 1. The minimum atomic E-state index is -0.309. The second-order valence-electron chi connectivity index (χ2n) is 6.33. The highest BCUT2D eigenvalue weighted by molar-refractivity contribution is 6.33. The number of amides is 1. The number of nitrogens with zero attached hydrogens (tertiary/aromatic N) is 1. The van der Waals surface area contributed by atoms with Crippen LogP contribution in [0.1, 0.15) is 5.56 Å². The van der Waals surface area contributed by atoms with Gasteiger partial charge >= 0.3 is 0 Å². The summed E-state index contributed by atoms with van der Waals surface area (Å²) in [4.78, 5) is 16.7. The van der Waals surface area contributed by atoms with Gasteiger partial charge in [-0.05, 0) is 55.0 Å². The number of nitrogens with one attached hydrogen (secondary N) is 1. The molecule has 1 N–H and O–H groups in total. The van der Waals surface area contributed by atoms with Gasteiger partial charge in [-0.15, -0.1) is 0 Å². The van der Waals surface area contributed by atoms with Crippen molar-refractivity contribution < 1.29 is 13.9 Å². The van der Waals surface area contributed by atoms with Crippen LogP contribution in [-0.4, -0.2) is 17.5 Å². The van der Waals surface area contributed by atoms with Crippen LogP contribution in [0.15, 0.2) is 71.1 Å². The largest absolute Gasteiger partial charge is 0.484 e. The number of carbonyl (C=O) groups is 1. The number of aromatic nitrogens is 1. The van der Waals surface area contributed by atoms with E-state index in [1.165, 1.54) is 0 Å². The van der Waals surface area contributed by atoms with Gasteiger partial charge in [-0.2, -0.15) is 0 Å². The molecule has 6 heteroatoms. The van der Waals surface area contributed by atoms with E-state index < -0.39 is 0 Å². The molecule has 1 aromatic heterocycles. The number of rotatable bonds is 5. The van der Waals surface area contributed by atoms with Gasteiger partial charge in [0.25, 0.3) is 5.91 Å². The van der Waals surface area contributed by atoms with Gasteiger partial charge < -0.3 is 14.5 Å². The number of aryl methyl sites for hydroxylation is 1. The molecule has 3 aromatic carbocycles. The van der Waals surface area contributed by atoms with E-state index in [2.05, 4.69) is 10.3 Å². The van der Waals surface area contributed by atoms with Crippen molar-refractivity contribution in [1.82, 2.24) is 4.98 Å². The van der Waals surface area contributed by atoms with Crippen molar-refractivity contribution in [2.45, 2.75) is 6.92 Å². The predicted molar refractivity (Wildman–Crippen MR) is 110 cm³/mol. The Bertz CT molecular complexity index is 1140.